The van der Waals surface area contributed by atoms with Crippen LogP contribution in [-0.2, 0) is 4.75 Å². The first-order chi connectivity index (χ1) is 15.6. The second-order valence-electron chi connectivity index (χ2n) is 7.47. The van der Waals surface area contributed by atoms with Gasteiger partial charge in [-0.2, -0.15) is 0 Å². The van der Waals surface area contributed by atoms with Crippen LogP contribution in [0, 0.1) is 0 Å². The molecule has 0 bridgehead atoms. The van der Waals surface area contributed by atoms with E-state index in [2.05, 4.69) is 83.2 Å². The molecule has 0 radical (unpaired) electrons. The van der Waals surface area contributed by atoms with Crippen LogP contribution in [0.5, 0.6) is 0 Å². The second-order valence-corrected chi connectivity index (χ2v) is 9.48. The van der Waals surface area contributed by atoms with Gasteiger partial charge in [0.1, 0.15) is 10.7 Å². The molecule has 0 aliphatic heterocycles. The quantitative estimate of drug-likeness (QED) is 0.296. The average Bonchev–Trinajstić information content (AvgIpc) is 3.32. The molecule has 0 unspecified atom stereocenters. The fourth-order valence-electron chi connectivity index (χ4n) is 3.61. The molecule has 160 valence electrons. The molecule has 0 spiro atoms. The Bertz CT molecular complexity index is 1090. The molecule has 3 nitrogen and oxygen atoms in total. The summed E-state index contributed by atoms with van der Waals surface area (Å²) >= 11 is 3.21. The van der Waals surface area contributed by atoms with Crippen molar-refractivity contribution in [3.63, 3.8) is 0 Å². The van der Waals surface area contributed by atoms with E-state index in [4.69, 9.17) is 0 Å². The number of rotatable bonds is 7. The largest absolute Gasteiger partial charge is 0.343 e. The fraction of sp³-hybridized carbons (Fsp3) is 0.111. The summed E-state index contributed by atoms with van der Waals surface area (Å²) in [7, 11) is 3.47. The van der Waals surface area contributed by atoms with Crippen LogP contribution >= 0.6 is 23.1 Å². The van der Waals surface area contributed by atoms with E-state index in [9.17, 15) is 4.79 Å². The standard InChI is InChI=1S/C27H24N2OS2/c1-29(2)26(30)24-20-31-25(28-24)18-19-32-27(21-12-6-3-7-13-21,22-14-8-4-9-15-22)23-16-10-5-11-17-23/h3-20H,1-2H3. The first kappa shape index (κ1) is 22.1. The summed E-state index contributed by atoms with van der Waals surface area (Å²) in [6, 6.07) is 31.7. The van der Waals surface area contributed by atoms with E-state index in [1.54, 1.807) is 30.8 Å². The minimum atomic E-state index is -0.417. The SMILES string of the molecule is CN(C)C(=O)c1csc(C=CSC(c2ccccc2)(c2ccccc2)c2ccccc2)n1. The summed E-state index contributed by atoms with van der Waals surface area (Å²) in [6.07, 6.45) is 1.99. The Morgan fingerprint density at radius 1 is 0.844 bits per heavy atom. The first-order valence-corrected chi connectivity index (χ1v) is 12.1. The molecule has 0 saturated carbocycles. The van der Waals surface area contributed by atoms with E-state index in [1.807, 2.05) is 29.7 Å². The van der Waals surface area contributed by atoms with Gasteiger partial charge in [-0.15, -0.1) is 23.1 Å². The lowest BCUT2D eigenvalue weighted by atomic mass is 9.84. The van der Waals surface area contributed by atoms with Crippen LogP contribution in [0.4, 0.5) is 0 Å². The molecule has 1 amide bonds. The van der Waals surface area contributed by atoms with Crippen LogP contribution < -0.4 is 0 Å². The van der Waals surface area contributed by atoms with Gasteiger partial charge in [0.25, 0.3) is 5.91 Å². The first-order valence-electron chi connectivity index (χ1n) is 10.3. The van der Waals surface area contributed by atoms with Crippen molar-refractivity contribution in [1.29, 1.82) is 0 Å². The normalized spacial score (nSPS) is 11.6. The number of aromatic nitrogens is 1. The van der Waals surface area contributed by atoms with Gasteiger partial charge in [0.2, 0.25) is 0 Å². The van der Waals surface area contributed by atoms with E-state index < -0.39 is 4.75 Å². The highest BCUT2D eigenvalue weighted by Gasteiger charge is 2.36. The van der Waals surface area contributed by atoms with Crippen LogP contribution in [0.3, 0.4) is 0 Å². The van der Waals surface area contributed by atoms with Gasteiger partial charge in [0.15, 0.2) is 0 Å². The number of carbonyl (C=O) groups excluding carboxylic acids is 1. The van der Waals surface area contributed by atoms with Gasteiger partial charge in [0, 0.05) is 19.5 Å². The number of nitrogens with zero attached hydrogens (tertiary/aromatic N) is 2. The molecule has 0 aliphatic carbocycles. The summed E-state index contributed by atoms with van der Waals surface area (Å²) < 4.78 is -0.417. The topological polar surface area (TPSA) is 33.2 Å². The Labute approximate surface area is 197 Å². The fourth-order valence-corrected chi connectivity index (χ4v) is 5.60. The minimum Gasteiger partial charge on any atom is -0.343 e. The second kappa shape index (κ2) is 9.98. The van der Waals surface area contributed by atoms with Gasteiger partial charge in [-0.25, -0.2) is 4.98 Å². The number of benzene rings is 3. The molecule has 1 aromatic heterocycles. The summed E-state index contributed by atoms with van der Waals surface area (Å²) in [5, 5.41) is 4.71. The van der Waals surface area contributed by atoms with Crippen molar-refractivity contribution in [2.75, 3.05) is 14.1 Å². The van der Waals surface area contributed by atoms with E-state index in [1.165, 1.54) is 28.0 Å². The maximum absolute atomic E-state index is 12.2. The van der Waals surface area contributed by atoms with Crippen molar-refractivity contribution in [3.05, 3.63) is 129 Å². The van der Waals surface area contributed by atoms with Crippen LogP contribution in [0.2, 0.25) is 0 Å². The Balaban J connectivity index is 1.77. The zero-order chi connectivity index (χ0) is 22.4. The number of thioether (sulfide) groups is 1. The van der Waals surface area contributed by atoms with Crippen molar-refractivity contribution < 1.29 is 4.79 Å². The zero-order valence-corrected chi connectivity index (χ0v) is 19.6. The number of hydrogen-bond donors (Lipinski definition) is 0. The molecule has 0 N–H and O–H groups in total. The van der Waals surface area contributed by atoms with E-state index in [-0.39, 0.29) is 5.91 Å². The van der Waals surface area contributed by atoms with Crippen molar-refractivity contribution in [3.8, 4) is 0 Å². The van der Waals surface area contributed by atoms with Crippen LogP contribution in [0.1, 0.15) is 32.2 Å². The Morgan fingerprint density at radius 3 is 1.75 bits per heavy atom. The molecular formula is C27H24N2OS2. The predicted octanol–water partition coefficient (Wildman–Crippen LogP) is 6.54. The maximum Gasteiger partial charge on any atom is 0.272 e. The molecule has 4 aromatic rings. The molecule has 0 fully saturated rings. The molecule has 0 aliphatic rings. The van der Waals surface area contributed by atoms with Gasteiger partial charge in [-0.05, 0) is 28.2 Å². The molecule has 4 rings (SSSR count). The lowest BCUT2D eigenvalue weighted by molar-refractivity contribution is 0.0822. The molecule has 5 heteroatoms. The predicted molar refractivity (Wildman–Crippen MR) is 136 cm³/mol. The summed E-state index contributed by atoms with van der Waals surface area (Å²) in [5.41, 5.74) is 4.09. The van der Waals surface area contributed by atoms with Gasteiger partial charge < -0.3 is 4.90 Å². The van der Waals surface area contributed by atoms with Crippen LogP contribution in [0.25, 0.3) is 6.08 Å². The lowest BCUT2D eigenvalue weighted by Crippen LogP contribution is -2.24. The van der Waals surface area contributed by atoms with Gasteiger partial charge in [0.05, 0.1) is 4.75 Å². The molecule has 3 aromatic carbocycles. The summed E-state index contributed by atoms with van der Waals surface area (Å²) in [5.74, 6) is -0.0826. The minimum absolute atomic E-state index is 0.0826. The molecule has 0 atom stereocenters. The van der Waals surface area contributed by atoms with Crippen molar-refractivity contribution in [1.82, 2.24) is 9.88 Å². The van der Waals surface area contributed by atoms with Gasteiger partial charge >= 0.3 is 0 Å². The van der Waals surface area contributed by atoms with Crippen LogP contribution in [0.15, 0.2) is 102 Å². The smallest absolute Gasteiger partial charge is 0.272 e. The summed E-state index contributed by atoms with van der Waals surface area (Å²) in [6.45, 7) is 0. The van der Waals surface area contributed by atoms with Crippen LogP contribution in [-0.4, -0.2) is 29.9 Å². The zero-order valence-electron chi connectivity index (χ0n) is 18.0. The third-order valence-electron chi connectivity index (χ3n) is 5.14. The van der Waals surface area contributed by atoms with Gasteiger partial charge in [-0.1, -0.05) is 91.0 Å². The van der Waals surface area contributed by atoms with E-state index in [0.717, 1.165) is 5.01 Å². The number of hydrogen-bond acceptors (Lipinski definition) is 4. The molecule has 32 heavy (non-hydrogen) atoms. The molecular weight excluding hydrogens is 432 g/mol. The maximum atomic E-state index is 12.2. The average molecular weight is 457 g/mol. The number of thiazole rings is 1. The Morgan fingerprint density at radius 2 is 1.31 bits per heavy atom. The highest BCUT2D eigenvalue weighted by atomic mass is 32.2. The monoisotopic (exact) mass is 456 g/mol. The number of carbonyl (C=O) groups is 1. The summed E-state index contributed by atoms with van der Waals surface area (Å²) in [4.78, 5) is 18.2. The van der Waals surface area contributed by atoms with Crippen molar-refractivity contribution >= 4 is 35.1 Å². The van der Waals surface area contributed by atoms with Crippen molar-refractivity contribution in [2.24, 2.45) is 0 Å². The third-order valence-corrected chi connectivity index (χ3v) is 7.29. The van der Waals surface area contributed by atoms with Crippen molar-refractivity contribution in [2.45, 2.75) is 4.75 Å². The molecule has 0 saturated heterocycles. The molecule has 1 heterocycles. The Kier molecular flexibility index (Phi) is 6.88. The third kappa shape index (κ3) is 4.54. The van der Waals surface area contributed by atoms with E-state index >= 15 is 0 Å². The van der Waals surface area contributed by atoms with E-state index in [0.29, 0.717) is 5.69 Å². The highest BCUT2D eigenvalue weighted by Crippen LogP contribution is 2.49. The number of amides is 1. The highest BCUT2D eigenvalue weighted by molar-refractivity contribution is 8.03. The van der Waals surface area contributed by atoms with Gasteiger partial charge in [-0.3, -0.25) is 4.79 Å². The Hall–Kier alpha value is -3.15. The lowest BCUT2D eigenvalue weighted by Gasteiger charge is -2.34.